The average molecular weight is 446 g/mol. The molecule has 0 aliphatic carbocycles. The lowest BCUT2D eigenvalue weighted by Crippen LogP contribution is -2.51. The number of hydrogen-bond donors (Lipinski definition) is 4. The summed E-state index contributed by atoms with van der Waals surface area (Å²) in [6.07, 6.45) is 5.42. The lowest BCUT2D eigenvalue weighted by molar-refractivity contribution is -0.223. The number of hydrogen-bond acceptors (Lipinski definition) is 5. The van der Waals surface area contributed by atoms with Crippen LogP contribution in [-0.4, -0.2) is 55.3 Å². The molecule has 9 nitrogen and oxygen atoms in total. The molecule has 0 spiro atoms. The molecule has 0 radical (unpaired) electrons. The number of allylic oxidation sites excluding steroid dienone is 1. The number of likely N-dealkylation sites (N-methyl/N-ethyl adjacent to an activating group) is 2. The topological polar surface area (TPSA) is 142 Å². The van der Waals surface area contributed by atoms with Crippen LogP contribution < -0.4 is 21.9 Å². The van der Waals surface area contributed by atoms with Gasteiger partial charge in [0.1, 0.15) is 12.6 Å². The van der Waals surface area contributed by atoms with E-state index in [0.29, 0.717) is 43.8 Å². The van der Waals surface area contributed by atoms with Gasteiger partial charge in [-0.05, 0) is 55.0 Å². The summed E-state index contributed by atoms with van der Waals surface area (Å²) in [7, 11) is 3.31. The van der Waals surface area contributed by atoms with E-state index in [2.05, 4.69) is 15.7 Å². The van der Waals surface area contributed by atoms with Crippen LogP contribution in [0.3, 0.4) is 0 Å². The Morgan fingerprint density at radius 1 is 1.28 bits per heavy atom. The maximum Gasteiger partial charge on any atom is 0.251 e. The first-order valence-corrected chi connectivity index (χ1v) is 10.8. The van der Waals surface area contributed by atoms with Crippen molar-refractivity contribution in [1.29, 1.82) is 0 Å². The molecular formula is C23H37N6O3+. The Bertz CT molecular complexity index is 809. The van der Waals surface area contributed by atoms with Crippen LogP contribution in [0.5, 0.6) is 0 Å². The van der Waals surface area contributed by atoms with E-state index in [0.717, 1.165) is 5.56 Å². The molecule has 9 heteroatoms. The van der Waals surface area contributed by atoms with Gasteiger partial charge in [0.05, 0.1) is 6.04 Å². The monoisotopic (exact) mass is 445 g/mol. The molecule has 0 saturated carbocycles. The summed E-state index contributed by atoms with van der Waals surface area (Å²) >= 11 is 0. The minimum absolute atomic E-state index is 0.170. The number of nitrogens with one attached hydrogen (secondary N) is 2. The minimum atomic E-state index is -0.823. The van der Waals surface area contributed by atoms with Gasteiger partial charge in [-0.3, -0.25) is 14.4 Å². The van der Waals surface area contributed by atoms with Crippen LogP contribution in [0.4, 0.5) is 0 Å². The van der Waals surface area contributed by atoms with Gasteiger partial charge in [0.2, 0.25) is 11.8 Å². The Morgan fingerprint density at radius 2 is 2.00 bits per heavy atom. The van der Waals surface area contributed by atoms with Crippen LogP contribution >= 0.6 is 0 Å². The lowest BCUT2D eigenvalue weighted by atomic mass is 10.0. The van der Waals surface area contributed by atoms with E-state index < -0.39 is 11.9 Å². The number of primary amides is 1. The molecule has 0 heterocycles. The Labute approximate surface area is 190 Å². The standard InChI is InChI=1S/C23H36N6O3/c1-16(2)13-19(26-3)23(32)29(4)20(21(24)30)11-6-5-7-12-27-22(31)18-10-8-9-17(14-18)15-28-25/h6,8-11,14,16,19-20,25-26H,5,7,12-13,15H2,1-4H3,(H2,24,30)(H,27,31)/p+1/b11-6-,28-25?/t19-,20?/m0/s1. The summed E-state index contributed by atoms with van der Waals surface area (Å²) in [5.41, 5.74) is 12.1. The second kappa shape index (κ2) is 14.1. The molecule has 6 N–H and O–H groups in total. The number of nitrogens with two attached hydrogens (primary N) is 2. The first-order valence-electron chi connectivity index (χ1n) is 10.8. The fourth-order valence-corrected chi connectivity index (χ4v) is 3.28. The van der Waals surface area contributed by atoms with Gasteiger partial charge in [0.25, 0.3) is 5.91 Å². The highest BCUT2D eigenvalue weighted by atomic mass is 16.2. The van der Waals surface area contributed by atoms with Crippen molar-refractivity contribution in [3.8, 4) is 0 Å². The summed E-state index contributed by atoms with van der Waals surface area (Å²) in [6, 6.07) is 5.94. The van der Waals surface area contributed by atoms with Gasteiger partial charge in [-0.2, -0.15) is 5.53 Å². The number of unbranched alkanes of at least 4 members (excludes halogenated alkanes) is 1. The molecule has 0 saturated heterocycles. The molecule has 3 amide bonds. The molecule has 2 atom stereocenters. The Morgan fingerprint density at radius 3 is 2.59 bits per heavy atom. The van der Waals surface area contributed by atoms with Gasteiger partial charge >= 0.3 is 0 Å². The first kappa shape index (κ1) is 27.0. The highest BCUT2D eigenvalue weighted by Crippen LogP contribution is 2.10. The van der Waals surface area contributed by atoms with E-state index in [1.54, 1.807) is 38.4 Å². The van der Waals surface area contributed by atoms with Gasteiger partial charge in [0.15, 0.2) is 0 Å². The highest BCUT2D eigenvalue weighted by molar-refractivity contribution is 5.94. The molecule has 0 fully saturated rings. The number of carbonyl (C=O) groups excluding carboxylic acids is 3. The van der Waals surface area contributed by atoms with Crippen LogP contribution in [-0.2, 0) is 16.1 Å². The van der Waals surface area contributed by atoms with E-state index in [9.17, 15) is 14.4 Å². The van der Waals surface area contributed by atoms with Crippen molar-refractivity contribution in [2.24, 2.45) is 16.8 Å². The number of amides is 3. The van der Waals surface area contributed by atoms with E-state index in [-0.39, 0.29) is 17.9 Å². The maximum atomic E-state index is 12.7. The molecule has 1 unspecified atom stereocenters. The molecule has 0 aromatic heterocycles. The Balaban J connectivity index is 2.55. The number of carbonyl (C=O) groups is 3. The molecule has 0 aliphatic rings. The lowest BCUT2D eigenvalue weighted by Gasteiger charge is -2.28. The largest absolute Gasteiger partial charge is 0.368 e. The SMILES string of the molecule is CN[C@@H](CC(C)C)C(=O)N(C)C(/C=C\CCCNC(=O)c1cccc(CN=[NH2+])c1)C(N)=O. The van der Waals surface area contributed by atoms with Crippen molar-refractivity contribution in [3.05, 3.63) is 47.5 Å². The molecule has 1 aromatic carbocycles. The molecule has 1 aromatic rings. The highest BCUT2D eigenvalue weighted by Gasteiger charge is 2.28. The normalized spacial score (nSPS) is 13.0. The third kappa shape index (κ3) is 8.97. The number of nitrogens with zero attached hydrogens (tertiary/aromatic N) is 2. The van der Waals surface area contributed by atoms with Gasteiger partial charge in [-0.15, -0.1) is 0 Å². The smallest absolute Gasteiger partial charge is 0.251 e. The number of benzene rings is 1. The van der Waals surface area contributed by atoms with E-state index >= 15 is 0 Å². The number of rotatable bonds is 14. The first-order chi connectivity index (χ1) is 15.2. The van der Waals surface area contributed by atoms with Gasteiger partial charge in [-0.1, -0.05) is 38.1 Å². The zero-order chi connectivity index (χ0) is 24.1. The van der Waals surface area contributed by atoms with Crippen molar-refractivity contribution in [3.63, 3.8) is 0 Å². The zero-order valence-corrected chi connectivity index (χ0v) is 19.5. The Hall–Kier alpha value is -3.07. The molecule has 32 heavy (non-hydrogen) atoms. The van der Waals surface area contributed by atoms with Gasteiger partial charge in [-0.25, -0.2) is 0 Å². The van der Waals surface area contributed by atoms with Crippen molar-refractivity contribution >= 4 is 17.7 Å². The summed E-state index contributed by atoms with van der Waals surface area (Å²) in [6.45, 7) is 4.90. The van der Waals surface area contributed by atoms with E-state index in [1.807, 2.05) is 26.0 Å². The second-order valence-corrected chi connectivity index (χ2v) is 8.13. The third-order valence-corrected chi connectivity index (χ3v) is 5.02. The van der Waals surface area contributed by atoms with Crippen LogP contribution in [0.15, 0.2) is 41.5 Å². The average Bonchev–Trinajstić information content (AvgIpc) is 2.75. The van der Waals surface area contributed by atoms with Crippen molar-refractivity contribution < 1.29 is 19.9 Å². The van der Waals surface area contributed by atoms with Crippen LogP contribution in [0.25, 0.3) is 0 Å². The zero-order valence-electron chi connectivity index (χ0n) is 19.5. The third-order valence-electron chi connectivity index (χ3n) is 5.02. The van der Waals surface area contributed by atoms with Crippen molar-refractivity contribution in [2.45, 2.75) is 51.7 Å². The summed E-state index contributed by atoms with van der Waals surface area (Å²) in [5, 5.41) is 9.45. The Kier molecular flexibility index (Phi) is 11.9. The summed E-state index contributed by atoms with van der Waals surface area (Å²) in [5.74, 6) is -0.599. The van der Waals surface area contributed by atoms with Crippen LogP contribution in [0.2, 0.25) is 0 Å². The van der Waals surface area contributed by atoms with Gasteiger partial charge < -0.3 is 21.3 Å². The van der Waals surface area contributed by atoms with Crippen LogP contribution in [0.1, 0.15) is 49.0 Å². The van der Waals surface area contributed by atoms with Crippen LogP contribution in [0, 0.1) is 5.92 Å². The van der Waals surface area contributed by atoms with Crippen molar-refractivity contribution in [1.82, 2.24) is 15.5 Å². The van der Waals surface area contributed by atoms with Gasteiger partial charge in [0, 0.05) is 19.2 Å². The van der Waals surface area contributed by atoms with E-state index in [1.165, 1.54) is 4.90 Å². The van der Waals surface area contributed by atoms with Crippen molar-refractivity contribution in [2.75, 3.05) is 20.6 Å². The quantitative estimate of drug-likeness (QED) is 0.187. The fraction of sp³-hybridized carbons (Fsp3) is 0.522. The fourth-order valence-electron chi connectivity index (χ4n) is 3.28. The molecule has 0 bridgehead atoms. The maximum absolute atomic E-state index is 12.7. The summed E-state index contributed by atoms with van der Waals surface area (Å²) in [4.78, 5) is 38.3. The minimum Gasteiger partial charge on any atom is -0.368 e. The molecule has 0 aliphatic heterocycles. The molecule has 1 rings (SSSR count). The second-order valence-electron chi connectivity index (χ2n) is 8.13. The molecule has 176 valence electrons. The predicted octanol–water partition coefficient (Wildman–Crippen LogP) is 0.411. The summed E-state index contributed by atoms with van der Waals surface area (Å²) < 4.78 is 0. The predicted molar refractivity (Wildman–Crippen MR) is 123 cm³/mol. The molecular weight excluding hydrogens is 408 g/mol. The van der Waals surface area contributed by atoms with E-state index in [4.69, 9.17) is 11.3 Å².